The maximum Gasteiger partial charge on any atom is 0.141 e. The monoisotopic (exact) mass is 343 g/mol. The fraction of sp³-hybridized carbons (Fsp3) is 0.133. The second-order valence-electron chi connectivity index (χ2n) is 4.73. The van der Waals surface area contributed by atoms with Gasteiger partial charge in [-0.15, -0.1) is 10.2 Å². The van der Waals surface area contributed by atoms with Crippen LogP contribution in [0.5, 0.6) is 0 Å². The lowest BCUT2D eigenvalue weighted by Gasteiger charge is -2.09. The van der Waals surface area contributed by atoms with Gasteiger partial charge < -0.3 is 4.57 Å². The first-order valence-electron chi connectivity index (χ1n) is 6.49. The summed E-state index contributed by atoms with van der Waals surface area (Å²) in [4.78, 5) is 0. The van der Waals surface area contributed by atoms with Gasteiger partial charge in [0.25, 0.3) is 0 Å². The predicted octanol–water partition coefficient (Wildman–Crippen LogP) is 3.33. The maximum absolute atomic E-state index is 4.31. The fourth-order valence-corrected chi connectivity index (χ4v) is 2.70. The van der Waals surface area contributed by atoms with E-state index in [2.05, 4.69) is 67.8 Å². The molecule has 3 aromatic rings. The zero-order valence-corrected chi connectivity index (χ0v) is 13.3. The maximum atomic E-state index is 4.31. The van der Waals surface area contributed by atoms with Crippen molar-refractivity contribution >= 4 is 22.1 Å². The first-order valence-corrected chi connectivity index (χ1v) is 7.28. The van der Waals surface area contributed by atoms with E-state index in [9.17, 15) is 0 Å². The Balaban J connectivity index is 2.00. The van der Waals surface area contributed by atoms with E-state index in [0.717, 1.165) is 27.1 Å². The molecule has 0 N–H and O–H groups in total. The van der Waals surface area contributed by atoms with Crippen molar-refractivity contribution in [3.8, 4) is 5.69 Å². The number of rotatable bonds is 3. The minimum atomic E-state index is 1.06. The summed E-state index contributed by atoms with van der Waals surface area (Å²) in [6.45, 7) is 4.17. The molecule has 0 radical (unpaired) electrons. The van der Waals surface area contributed by atoms with Crippen molar-refractivity contribution in [1.29, 1.82) is 0 Å². The summed E-state index contributed by atoms with van der Waals surface area (Å²) in [5, 5.41) is 11.8. The van der Waals surface area contributed by atoms with E-state index < -0.39 is 0 Å². The first-order chi connectivity index (χ1) is 10.1. The number of halogens is 1. The third kappa shape index (κ3) is 2.80. The summed E-state index contributed by atoms with van der Waals surface area (Å²) in [6, 6.07) is 10.4. The lowest BCUT2D eigenvalue weighted by atomic mass is 10.2. The molecule has 6 heteroatoms. The van der Waals surface area contributed by atoms with Crippen LogP contribution in [-0.4, -0.2) is 25.7 Å². The summed E-state index contributed by atoms with van der Waals surface area (Å²) in [5.41, 5.74) is 4.50. The van der Waals surface area contributed by atoms with E-state index in [1.807, 2.05) is 18.3 Å². The van der Waals surface area contributed by atoms with Gasteiger partial charge in [-0.3, -0.25) is 0 Å². The summed E-state index contributed by atoms with van der Waals surface area (Å²) in [5.74, 6) is 0. The van der Waals surface area contributed by atoms with Crippen LogP contribution in [0, 0.1) is 13.8 Å². The highest BCUT2D eigenvalue weighted by atomic mass is 79.9. The highest BCUT2D eigenvalue weighted by molar-refractivity contribution is 9.10. The molecule has 2 aromatic heterocycles. The summed E-state index contributed by atoms with van der Waals surface area (Å²) < 4.78 is 4.84. The summed E-state index contributed by atoms with van der Waals surface area (Å²) in [7, 11) is 0. The van der Waals surface area contributed by atoms with Crippen LogP contribution >= 0.6 is 15.9 Å². The van der Waals surface area contributed by atoms with Gasteiger partial charge in [-0.1, -0.05) is 22.0 Å². The van der Waals surface area contributed by atoms with Crippen LogP contribution in [0.3, 0.4) is 0 Å². The van der Waals surface area contributed by atoms with Crippen molar-refractivity contribution in [3.05, 3.63) is 64.4 Å². The molecular weight excluding hydrogens is 330 g/mol. The van der Waals surface area contributed by atoms with Gasteiger partial charge in [0.15, 0.2) is 0 Å². The number of benzene rings is 1. The molecule has 0 amide bonds. The SMILES string of the molecule is Cc1cc(C=Nn2cnnc2)c(C)n1-c1cccc(Br)c1. The fourth-order valence-electron chi connectivity index (χ4n) is 2.31. The van der Waals surface area contributed by atoms with Gasteiger partial charge in [0, 0.05) is 27.1 Å². The number of aromatic nitrogens is 4. The molecule has 21 heavy (non-hydrogen) atoms. The van der Waals surface area contributed by atoms with Crippen LogP contribution in [-0.2, 0) is 0 Å². The molecule has 5 nitrogen and oxygen atoms in total. The first kappa shape index (κ1) is 13.8. The molecule has 0 aliphatic rings. The number of nitrogens with zero attached hydrogens (tertiary/aromatic N) is 5. The Morgan fingerprint density at radius 3 is 2.62 bits per heavy atom. The zero-order chi connectivity index (χ0) is 14.8. The van der Waals surface area contributed by atoms with E-state index in [-0.39, 0.29) is 0 Å². The third-order valence-corrected chi connectivity index (χ3v) is 3.77. The van der Waals surface area contributed by atoms with Gasteiger partial charge in [0.1, 0.15) is 12.7 Å². The molecule has 106 valence electrons. The Morgan fingerprint density at radius 2 is 1.90 bits per heavy atom. The second kappa shape index (κ2) is 5.65. The van der Waals surface area contributed by atoms with E-state index in [1.165, 1.54) is 0 Å². The average Bonchev–Trinajstić information content (AvgIpc) is 3.05. The van der Waals surface area contributed by atoms with Gasteiger partial charge in [-0.25, -0.2) is 4.68 Å². The molecule has 0 saturated heterocycles. The lowest BCUT2D eigenvalue weighted by molar-refractivity contribution is 0.877. The Hall–Kier alpha value is -2.21. The van der Waals surface area contributed by atoms with Gasteiger partial charge >= 0.3 is 0 Å². The van der Waals surface area contributed by atoms with E-state index >= 15 is 0 Å². The number of hydrogen-bond donors (Lipinski definition) is 0. The third-order valence-electron chi connectivity index (χ3n) is 3.27. The van der Waals surface area contributed by atoms with Crippen LogP contribution in [0.15, 0.2) is 52.6 Å². The van der Waals surface area contributed by atoms with E-state index in [4.69, 9.17) is 0 Å². The average molecular weight is 344 g/mol. The molecule has 0 aliphatic heterocycles. The molecule has 3 rings (SSSR count). The molecule has 0 unspecified atom stereocenters. The van der Waals surface area contributed by atoms with Crippen LogP contribution < -0.4 is 0 Å². The van der Waals surface area contributed by atoms with Crippen LogP contribution in [0.1, 0.15) is 17.0 Å². The van der Waals surface area contributed by atoms with Crippen LogP contribution in [0.4, 0.5) is 0 Å². The molecule has 0 bridgehead atoms. The van der Waals surface area contributed by atoms with Crippen molar-refractivity contribution in [2.45, 2.75) is 13.8 Å². The van der Waals surface area contributed by atoms with Crippen LogP contribution in [0.25, 0.3) is 5.69 Å². The Morgan fingerprint density at radius 1 is 1.14 bits per heavy atom. The molecule has 0 fully saturated rings. The van der Waals surface area contributed by atoms with Crippen molar-refractivity contribution in [3.63, 3.8) is 0 Å². The largest absolute Gasteiger partial charge is 0.318 e. The van der Waals surface area contributed by atoms with Crippen LogP contribution in [0.2, 0.25) is 0 Å². The molecule has 0 spiro atoms. The van der Waals surface area contributed by atoms with Crippen molar-refractivity contribution in [2.75, 3.05) is 0 Å². The molecule has 0 atom stereocenters. The molecule has 0 saturated carbocycles. The Kier molecular flexibility index (Phi) is 3.70. The predicted molar refractivity (Wildman–Crippen MR) is 86.0 cm³/mol. The highest BCUT2D eigenvalue weighted by Crippen LogP contribution is 2.22. The normalized spacial score (nSPS) is 11.4. The zero-order valence-electron chi connectivity index (χ0n) is 11.7. The summed E-state index contributed by atoms with van der Waals surface area (Å²) in [6.07, 6.45) is 4.94. The minimum absolute atomic E-state index is 1.06. The van der Waals surface area contributed by atoms with Gasteiger partial charge in [0.2, 0.25) is 0 Å². The molecule has 2 heterocycles. The number of aryl methyl sites for hydroxylation is 1. The van der Waals surface area contributed by atoms with Gasteiger partial charge in [0.05, 0.1) is 6.21 Å². The minimum Gasteiger partial charge on any atom is -0.318 e. The standard InChI is InChI=1S/C15H14BrN5/c1-11-6-13(8-19-20-9-17-18-10-20)12(2)21(11)15-5-3-4-14(16)7-15/h3-10H,1-2H3. The quantitative estimate of drug-likeness (QED) is 0.685. The Bertz CT molecular complexity index is 787. The van der Waals surface area contributed by atoms with Crippen molar-refractivity contribution in [2.24, 2.45) is 5.10 Å². The Labute approximate surface area is 131 Å². The van der Waals surface area contributed by atoms with Gasteiger partial charge in [-0.2, -0.15) is 5.10 Å². The van der Waals surface area contributed by atoms with E-state index in [1.54, 1.807) is 17.3 Å². The highest BCUT2D eigenvalue weighted by Gasteiger charge is 2.09. The number of hydrogen-bond acceptors (Lipinski definition) is 3. The van der Waals surface area contributed by atoms with Crippen molar-refractivity contribution in [1.82, 2.24) is 19.4 Å². The molecule has 1 aromatic carbocycles. The molecule has 0 aliphatic carbocycles. The molecular formula is C15H14BrN5. The smallest absolute Gasteiger partial charge is 0.141 e. The van der Waals surface area contributed by atoms with Gasteiger partial charge in [-0.05, 0) is 38.1 Å². The van der Waals surface area contributed by atoms with E-state index in [0.29, 0.717) is 0 Å². The van der Waals surface area contributed by atoms with Crippen molar-refractivity contribution < 1.29 is 0 Å². The second-order valence-corrected chi connectivity index (χ2v) is 5.64. The lowest BCUT2D eigenvalue weighted by Crippen LogP contribution is -1.99. The summed E-state index contributed by atoms with van der Waals surface area (Å²) >= 11 is 3.52. The topological polar surface area (TPSA) is 48.0 Å².